The van der Waals surface area contributed by atoms with E-state index in [1.807, 2.05) is 25.1 Å². The fourth-order valence-corrected chi connectivity index (χ4v) is 2.47. The van der Waals surface area contributed by atoms with Crippen molar-refractivity contribution in [1.29, 1.82) is 0 Å². The Morgan fingerprint density at radius 3 is 2.89 bits per heavy atom. The Balaban J connectivity index is 2.29. The average Bonchev–Trinajstić information content (AvgIpc) is 2.75. The highest BCUT2D eigenvalue weighted by Crippen LogP contribution is 2.34. The van der Waals surface area contributed by atoms with E-state index in [1.165, 1.54) is 0 Å². The Kier molecular flexibility index (Phi) is 4.32. The summed E-state index contributed by atoms with van der Waals surface area (Å²) in [5, 5.41) is 3.80. The molecule has 0 saturated carbocycles. The maximum Gasteiger partial charge on any atom is 0.334 e. The van der Waals surface area contributed by atoms with Crippen molar-refractivity contribution < 1.29 is 14.3 Å². The zero-order chi connectivity index (χ0) is 13.9. The summed E-state index contributed by atoms with van der Waals surface area (Å²) in [5.41, 5.74) is -0.143. The molecule has 2 atom stereocenters. The predicted molar refractivity (Wildman–Crippen MR) is 74.5 cm³/mol. The van der Waals surface area contributed by atoms with Crippen LogP contribution in [0.15, 0.2) is 24.3 Å². The Morgan fingerprint density at radius 1 is 1.58 bits per heavy atom. The number of nitrogens with one attached hydrogen (secondary N) is 1. The van der Waals surface area contributed by atoms with Gasteiger partial charge < -0.3 is 14.8 Å². The van der Waals surface area contributed by atoms with E-state index in [0.717, 1.165) is 5.69 Å². The van der Waals surface area contributed by atoms with Crippen molar-refractivity contribution in [3.05, 3.63) is 29.3 Å². The molecular formula is C14H18ClNO3. The maximum absolute atomic E-state index is 12.3. The van der Waals surface area contributed by atoms with Gasteiger partial charge in [-0.3, -0.25) is 0 Å². The highest BCUT2D eigenvalue weighted by atomic mass is 35.5. The van der Waals surface area contributed by atoms with Crippen LogP contribution in [0.25, 0.3) is 0 Å². The zero-order valence-corrected chi connectivity index (χ0v) is 11.9. The van der Waals surface area contributed by atoms with Gasteiger partial charge in [0.05, 0.1) is 23.4 Å². The van der Waals surface area contributed by atoms with Crippen molar-refractivity contribution in [2.45, 2.75) is 31.9 Å². The van der Waals surface area contributed by atoms with Gasteiger partial charge in [-0.15, -0.1) is 0 Å². The second-order valence-electron chi connectivity index (χ2n) is 4.56. The van der Waals surface area contributed by atoms with E-state index in [9.17, 15) is 4.79 Å². The lowest BCUT2D eigenvalue weighted by atomic mass is 9.91. The number of hydrogen-bond acceptors (Lipinski definition) is 4. The van der Waals surface area contributed by atoms with Crippen LogP contribution in [0.3, 0.4) is 0 Å². The number of anilines is 1. The van der Waals surface area contributed by atoms with Gasteiger partial charge in [-0.05, 0) is 26.0 Å². The third kappa shape index (κ3) is 2.69. The highest BCUT2D eigenvalue weighted by molar-refractivity contribution is 6.33. The van der Waals surface area contributed by atoms with Gasteiger partial charge in [-0.2, -0.15) is 0 Å². The molecule has 0 radical (unpaired) electrons. The van der Waals surface area contributed by atoms with Gasteiger partial charge in [0.25, 0.3) is 0 Å². The Hall–Kier alpha value is -1.26. The van der Waals surface area contributed by atoms with E-state index in [4.69, 9.17) is 21.1 Å². The molecule has 1 aromatic carbocycles. The topological polar surface area (TPSA) is 47.6 Å². The standard InChI is InChI=1S/C14H18ClNO3/c1-3-18-13(17)14(8-9-19-10(14)2)16-12-7-5-4-6-11(12)15/h4-7,10,16H,3,8-9H2,1-2H3. The molecule has 1 fully saturated rings. The molecule has 1 saturated heterocycles. The summed E-state index contributed by atoms with van der Waals surface area (Å²) in [6.45, 7) is 4.53. The molecular weight excluding hydrogens is 266 g/mol. The maximum atomic E-state index is 12.3. The fraction of sp³-hybridized carbons (Fsp3) is 0.500. The molecule has 5 heteroatoms. The van der Waals surface area contributed by atoms with Crippen LogP contribution in [0.2, 0.25) is 5.02 Å². The van der Waals surface area contributed by atoms with E-state index < -0.39 is 5.54 Å². The number of rotatable bonds is 4. The number of halogens is 1. The summed E-state index contributed by atoms with van der Waals surface area (Å²) < 4.78 is 10.7. The van der Waals surface area contributed by atoms with E-state index in [-0.39, 0.29) is 12.1 Å². The first-order chi connectivity index (χ1) is 9.10. The first kappa shape index (κ1) is 14.2. The average molecular weight is 284 g/mol. The minimum Gasteiger partial charge on any atom is -0.464 e. The van der Waals surface area contributed by atoms with Crippen LogP contribution < -0.4 is 5.32 Å². The van der Waals surface area contributed by atoms with Crippen molar-refractivity contribution in [2.24, 2.45) is 0 Å². The van der Waals surface area contributed by atoms with Gasteiger partial charge >= 0.3 is 5.97 Å². The van der Waals surface area contributed by atoms with Gasteiger partial charge in [-0.1, -0.05) is 23.7 Å². The summed E-state index contributed by atoms with van der Waals surface area (Å²) in [7, 11) is 0. The van der Waals surface area contributed by atoms with Crippen molar-refractivity contribution >= 4 is 23.3 Å². The normalized spacial score (nSPS) is 26.2. The number of para-hydroxylation sites is 1. The van der Waals surface area contributed by atoms with Gasteiger partial charge in [0.1, 0.15) is 0 Å². The Morgan fingerprint density at radius 2 is 2.32 bits per heavy atom. The molecule has 1 N–H and O–H groups in total. The quantitative estimate of drug-likeness (QED) is 0.863. The summed E-state index contributed by atoms with van der Waals surface area (Å²) in [5.74, 6) is -0.292. The van der Waals surface area contributed by atoms with Crippen molar-refractivity contribution in [1.82, 2.24) is 0 Å². The molecule has 1 aromatic rings. The van der Waals surface area contributed by atoms with E-state index >= 15 is 0 Å². The molecule has 19 heavy (non-hydrogen) atoms. The first-order valence-corrected chi connectivity index (χ1v) is 6.79. The monoisotopic (exact) mass is 283 g/mol. The minimum absolute atomic E-state index is 0.261. The molecule has 0 aliphatic carbocycles. The second-order valence-corrected chi connectivity index (χ2v) is 4.97. The molecule has 1 heterocycles. The molecule has 0 amide bonds. The lowest BCUT2D eigenvalue weighted by Crippen LogP contribution is -2.52. The lowest BCUT2D eigenvalue weighted by Gasteiger charge is -2.32. The third-order valence-corrected chi connectivity index (χ3v) is 3.76. The Labute approximate surface area is 118 Å². The fourth-order valence-electron chi connectivity index (χ4n) is 2.29. The van der Waals surface area contributed by atoms with Crippen LogP contribution in [0.5, 0.6) is 0 Å². The molecule has 0 aromatic heterocycles. The summed E-state index contributed by atoms with van der Waals surface area (Å²) in [6.07, 6.45) is 0.306. The summed E-state index contributed by atoms with van der Waals surface area (Å²) >= 11 is 6.14. The number of esters is 1. The van der Waals surface area contributed by atoms with E-state index in [0.29, 0.717) is 24.7 Å². The van der Waals surface area contributed by atoms with Crippen LogP contribution in [-0.4, -0.2) is 30.8 Å². The zero-order valence-electron chi connectivity index (χ0n) is 11.1. The van der Waals surface area contributed by atoms with Gasteiger partial charge in [0.15, 0.2) is 5.54 Å². The molecule has 0 bridgehead atoms. The van der Waals surface area contributed by atoms with Crippen LogP contribution in [-0.2, 0) is 14.3 Å². The SMILES string of the molecule is CCOC(=O)C1(Nc2ccccc2Cl)CCOC1C. The van der Waals surface area contributed by atoms with Crippen LogP contribution in [0, 0.1) is 0 Å². The third-order valence-electron chi connectivity index (χ3n) is 3.43. The molecule has 4 nitrogen and oxygen atoms in total. The lowest BCUT2D eigenvalue weighted by molar-refractivity contribution is -0.150. The van der Waals surface area contributed by atoms with E-state index in [2.05, 4.69) is 5.32 Å². The molecule has 1 aliphatic heterocycles. The first-order valence-electron chi connectivity index (χ1n) is 6.41. The summed E-state index contributed by atoms with van der Waals surface area (Å²) in [6, 6.07) is 7.34. The van der Waals surface area contributed by atoms with Gasteiger partial charge in [0.2, 0.25) is 0 Å². The number of carbonyl (C=O) groups is 1. The van der Waals surface area contributed by atoms with E-state index in [1.54, 1.807) is 13.0 Å². The van der Waals surface area contributed by atoms with Crippen LogP contribution in [0.4, 0.5) is 5.69 Å². The predicted octanol–water partition coefficient (Wildman–Crippen LogP) is 2.86. The smallest absolute Gasteiger partial charge is 0.334 e. The number of carbonyl (C=O) groups excluding carboxylic acids is 1. The number of benzene rings is 1. The van der Waals surface area contributed by atoms with Crippen LogP contribution in [0.1, 0.15) is 20.3 Å². The highest BCUT2D eigenvalue weighted by Gasteiger charge is 2.49. The van der Waals surface area contributed by atoms with Crippen molar-refractivity contribution in [3.8, 4) is 0 Å². The molecule has 1 aliphatic rings. The summed E-state index contributed by atoms with van der Waals surface area (Å²) in [4.78, 5) is 12.3. The second kappa shape index (κ2) is 5.80. The number of ether oxygens (including phenoxy) is 2. The van der Waals surface area contributed by atoms with Gasteiger partial charge in [0, 0.05) is 13.0 Å². The minimum atomic E-state index is -0.860. The van der Waals surface area contributed by atoms with Crippen molar-refractivity contribution in [2.75, 3.05) is 18.5 Å². The largest absolute Gasteiger partial charge is 0.464 e. The van der Waals surface area contributed by atoms with Crippen molar-refractivity contribution in [3.63, 3.8) is 0 Å². The molecule has 104 valence electrons. The van der Waals surface area contributed by atoms with Crippen LogP contribution >= 0.6 is 11.6 Å². The Bertz CT molecular complexity index is 466. The number of hydrogen-bond donors (Lipinski definition) is 1. The molecule has 2 unspecified atom stereocenters. The van der Waals surface area contributed by atoms with Gasteiger partial charge in [-0.25, -0.2) is 4.79 Å². The molecule has 0 spiro atoms. The molecule has 2 rings (SSSR count).